The first-order valence-electron chi connectivity index (χ1n) is 29.2. The summed E-state index contributed by atoms with van der Waals surface area (Å²) in [7, 11) is 1.25. The van der Waals surface area contributed by atoms with Crippen LogP contribution in [-0.4, -0.2) is 68.5 Å². The SMILES string of the molecule is CCCCCCCC/C=C/CC/C=C/C(O)C(COP(=O)([O-])OCC[N+](C)(C)C)NC(=O)CCCCCCCCCCCCCCCCCCCCCCCCCCCCCCCCCCC. The number of aliphatic hydroxyl groups is 1. The summed E-state index contributed by atoms with van der Waals surface area (Å²) in [6.45, 7) is 4.64. The molecular weight excluding hydrogens is 852 g/mol. The highest BCUT2D eigenvalue weighted by atomic mass is 31.2. The molecule has 0 heterocycles. The zero-order valence-corrected chi connectivity index (χ0v) is 46.3. The topological polar surface area (TPSA) is 108 Å². The lowest BCUT2D eigenvalue weighted by Gasteiger charge is -2.29. The van der Waals surface area contributed by atoms with E-state index in [1.807, 2.05) is 27.2 Å². The lowest BCUT2D eigenvalue weighted by molar-refractivity contribution is -0.870. The van der Waals surface area contributed by atoms with Crippen molar-refractivity contribution >= 4 is 13.7 Å². The Bertz CT molecular complexity index is 1140. The maximum Gasteiger partial charge on any atom is 0.268 e. The van der Waals surface area contributed by atoms with Crippen LogP contribution in [0.4, 0.5) is 0 Å². The molecule has 2 N–H and O–H groups in total. The van der Waals surface area contributed by atoms with Gasteiger partial charge in [-0.05, 0) is 32.1 Å². The third kappa shape index (κ3) is 52.6. The second kappa shape index (κ2) is 49.9. The first-order valence-corrected chi connectivity index (χ1v) is 30.7. The maximum absolute atomic E-state index is 12.9. The monoisotopic (exact) mass is 967 g/mol. The number of hydrogen-bond donors (Lipinski definition) is 2. The van der Waals surface area contributed by atoms with Gasteiger partial charge >= 0.3 is 0 Å². The molecule has 0 rings (SSSR count). The van der Waals surface area contributed by atoms with Crippen molar-refractivity contribution in [2.75, 3.05) is 40.9 Å². The van der Waals surface area contributed by atoms with E-state index in [1.54, 1.807) is 6.08 Å². The number of amides is 1. The highest BCUT2D eigenvalue weighted by molar-refractivity contribution is 7.45. The van der Waals surface area contributed by atoms with Gasteiger partial charge in [-0.15, -0.1) is 0 Å². The Balaban J connectivity index is 3.95. The first kappa shape index (κ1) is 66.0. The summed E-state index contributed by atoms with van der Waals surface area (Å²) in [5.41, 5.74) is 0. The molecule has 3 unspecified atom stereocenters. The molecule has 9 heteroatoms. The molecule has 0 aromatic heterocycles. The van der Waals surface area contributed by atoms with E-state index in [1.165, 1.54) is 231 Å². The predicted molar refractivity (Wildman–Crippen MR) is 289 cm³/mol. The number of allylic oxidation sites excluding steroid dienone is 3. The number of likely N-dealkylation sites (N-methyl/N-ethyl adjacent to an activating group) is 1. The van der Waals surface area contributed by atoms with E-state index in [4.69, 9.17) is 9.05 Å². The second-order valence-electron chi connectivity index (χ2n) is 21.4. The third-order valence-corrected chi connectivity index (χ3v) is 14.4. The molecule has 0 saturated carbocycles. The van der Waals surface area contributed by atoms with E-state index >= 15 is 0 Å². The van der Waals surface area contributed by atoms with Crippen molar-refractivity contribution in [2.45, 2.75) is 302 Å². The molecule has 0 radical (unpaired) electrons. The summed E-state index contributed by atoms with van der Waals surface area (Å²) in [5.74, 6) is -0.203. The van der Waals surface area contributed by atoms with E-state index in [0.29, 0.717) is 17.4 Å². The zero-order valence-electron chi connectivity index (χ0n) is 45.4. The van der Waals surface area contributed by atoms with E-state index in [-0.39, 0.29) is 19.1 Å². The fourth-order valence-electron chi connectivity index (χ4n) is 8.82. The Morgan fingerprint density at radius 2 is 0.836 bits per heavy atom. The Kier molecular flexibility index (Phi) is 49.2. The van der Waals surface area contributed by atoms with Crippen LogP contribution in [-0.2, 0) is 18.4 Å². The minimum atomic E-state index is -4.60. The van der Waals surface area contributed by atoms with Gasteiger partial charge in [0.05, 0.1) is 39.9 Å². The number of unbranched alkanes of at least 4 members (excludes halogenated alkanes) is 39. The van der Waals surface area contributed by atoms with Gasteiger partial charge in [-0.1, -0.05) is 276 Å². The van der Waals surface area contributed by atoms with E-state index in [2.05, 4.69) is 31.3 Å². The number of phosphoric acid groups is 1. The summed E-state index contributed by atoms with van der Waals surface area (Å²) in [6.07, 6.45) is 62.9. The number of rotatable bonds is 54. The van der Waals surface area contributed by atoms with Crippen LogP contribution in [0.3, 0.4) is 0 Å². The molecule has 0 saturated heterocycles. The fraction of sp³-hybridized carbons (Fsp3) is 0.914. The number of hydrogen-bond acceptors (Lipinski definition) is 6. The normalized spacial score (nSPS) is 14.1. The van der Waals surface area contributed by atoms with Crippen LogP contribution in [0.5, 0.6) is 0 Å². The first-order chi connectivity index (χ1) is 32.5. The van der Waals surface area contributed by atoms with Gasteiger partial charge in [0.1, 0.15) is 13.2 Å². The van der Waals surface area contributed by atoms with E-state index in [0.717, 1.165) is 38.5 Å². The van der Waals surface area contributed by atoms with Gasteiger partial charge in [0.15, 0.2) is 0 Å². The van der Waals surface area contributed by atoms with E-state index in [9.17, 15) is 19.4 Å². The molecule has 0 bridgehead atoms. The van der Waals surface area contributed by atoms with Gasteiger partial charge in [-0.3, -0.25) is 9.36 Å². The van der Waals surface area contributed by atoms with Crippen molar-refractivity contribution in [1.29, 1.82) is 0 Å². The number of quaternary nitrogens is 1. The molecule has 0 fully saturated rings. The summed E-state index contributed by atoms with van der Waals surface area (Å²) in [6, 6.07) is -0.899. The summed E-state index contributed by atoms with van der Waals surface area (Å²) < 4.78 is 23.3. The number of phosphoric ester groups is 1. The van der Waals surface area contributed by atoms with Crippen molar-refractivity contribution < 1.29 is 32.9 Å². The number of carbonyl (C=O) groups excluding carboxylic acids is 1. The van der Waals surface area contributed by atoms with Crippen molar-refractivity contribution in [3.8, 4) is 0 Å². The molecular formula is C58H115N2O6P. The van der Waals surface area contributed by atoms with Crippen LogP contribution in [0, 0.1) is 0 Å². The van der Waals surface area contributed by atoms with Crippen LogP contribution < -0.4 is 10.2 Å². The molecule has 67 heavy (non-hydrogen) atoms. The van der Waals surface area contributed by atoms with Gasteiger partial charge in [0, 0.05) is 6.42 Å². The Morgan fingerprint density at radius 3 is 1.21 bits per heavy atom. The van der Waals surface area contributed by atoms with Gasteiger partial charge in [-0.25, -0.2) is 0 Å². The molecule has 0 aliphatic carbocycles. The quantitative estimate of drug-likeness (QED) is 0.0272. The highest BCUT2D eigenvalue weighted by Crippen LogP contribution is 2.38. The van der Waals surface area contributed by atoms with Gasteiger partial charge < -0.3 is 28.8 Å². The molecule has 1 amide bonds. The summed E-state index contributed by atoms with van der Waals surface area (Å²) in [4.78, 5) is 25.4. The van der Waals surface area contributed by atoms with Crippen molar-refractivity contribution in [2.24, 2.45) is 0 Å². The van der Waals surface area contributed by atoms with Crippen LogP contribution in [0.25, 0.3) is 0 Å². The van der Waals surface area contributed by atoms with Crippen LogP contribution in [0.2, 0.25) is 0 Å². The molecule has 0 aromatic rings. The minimum Gasteiger partial charge on any atom is -0.756 e. The van der Waals surface area contributed by atoms with Crippen LogP contribution in [0.1, 0.15) is 290 Å². The molecule has 0 aromatic carbocycles. The molecule has 3 atom stereocenters. The number of aliphatic hydroxyl groups excluding tert-OH is 1. The lowest BCUT2D eigenvalue weighted by Crippen LogP contribution is -2.45. The lowest BCUT2D eigenvalue weighted by atomic mass is 10.0. The largest absolute Gasteiger partial charge is 0.756 e. The van der Waals surface area contributed by atoms with Crippen molar-refractivity contribution in [1.82, 2.24) is 5.32 Å². The molecule has 8 nitrogen and oxygen atoms in total. The molecule has 0 aliphatic rings. The molecule has 0 aliphatic heterocycles. The van der Waals surface area contributed by atoms with Gasteiger partial charge in [-0.2, -0.15) is 0 Å². The van der Waals surface area contributed by atoms with Crippen molar-refractivity contribution in [3.63, 3.8) is 0 Å². The minimum absolute atomic E-state index is 0.00410. The fourth-order valence-corrected chi connectivity index (χ4v) is 9.54. The summed E-state index contributed by atoms with van der Waals surface area (Å²) in [5, 5.41) is 13.8. The summed E-state index contributed by atoms with van der Waals surface area (Å²) >= 11 is 0. The average molecular weight is 968 g/mol. The van der Waals surface area contributed by atoms with Gasteiger partial charge in [0.25, 0.3) is 7.82 Å². The van der Waals surface area contributed by atoms with Crippen LogP contribution >= 0.6 is 7.82 Å². The number of nitrogens with one attached hydrogen (secondary N) is 1. The van der Waals surface area contributed by atoms with Crippen molar-refractivity contribution in [3.05, 3.63) is 24.3 Å². The maximum atomic E-state index is 12.9. The Hall–Kier alpha value is -1.02. The van der Waals surface area contributed by atoms with Gasteiger partial charge in [0.2, 0.25) is 5.91 Å². The Morgan fingerprint density at radius 1 is 0.507 bits per heavy atom. The highest BCUT2D eigenvalue weighted by Gasteiger charge is 2.23. The molecule has 398 valence electrons. The Labute approximate surface area is 417 Å². The standard InChI is InChI=1S/C58H115N2O6P/c1-6-8-10-12-14-16-18-20-21-22-23-24-25-26-27-28-29-30-31-32-33-34-35-36-37-38-39-40-42-44-46-48-50-52-58(62)59-56(55-66-67(63,64)65-54-53-60(3,4)5)57(61)51-49-47-45-43-41-19-17-15-13-11-9-7-2/h41,43,49,51,56-57,61H,6-40,42,44-48,50,52-55H2,1-5H3,(H-,59,62,63,64)/b43-41+,51-49+. The smallest absolute Gasteiger partial charge is 0.268 e. The zero-order chi connectivity index (χ0) is 49.2. The second-order valence-corrected chi connectivity index (χ2v) is 22.8. The number of carbonyl (C=O) groups is 1. The average Bonchev–Trinajstić information content (AvgIpc) is 3.29. The third-order valence-electron chi connectivity index (χ3n) is 13.4. The predicted octanol–water partition coefficient (Wildman–Crippen LogP) is 17.0. The number of nitrogens with zero attached hydrogens (tertiary/aromatic N) is 1. The van der Waals surface area contributed by atoms with E-state index < -0.39 is 20.0 Å². The van der Waals surface area contributed by atoms with Crippen LogP contribution in [0.15, 0.2) is 24.3 Å². The molecule has 0 spiro atoms.